The Labute approximate surface area is 107 Å². The fraction of sp³-hybridized carbons (Fsp3) is 0. The Balaban J connectivity index is 2.25. The van der Waals surface area contributed by atoms with Crippen LogP contribution < -0.4 is 0 Å². The first kappa shape index (κ1) is 11.3. The molecule has 0 fully saturated rings. The molecule has 0 radical (unpaired) electrons. The summed E-state index contributed by atoms with van der Waals surface area (Å²) in [5, 5.41) is 0. The zero-order chi connectivity index (χ0) is 11.4. The Morgan fingerprint density at radius 1 is 1.06 bits per heavy atom. The van der Waals surface area contributed by atoms with Crippen LogP contribution in [0.5, 0.6) is 0 Å². The van der Waals surface area contributed by atoms with Crippen molar-refractivity contribution in [1.82, 2.24) is 0 Å². The van der Waals surface area contributed by atoms with Crippen LogP contribution in [0.25, 0.3) is 0 Å². The summed E-state index contributed by atoms with van der Waals surface area (Å²) in [6.07, 6.45) is 1.75. The van der Waals surface area contributed by atoms with Crippen molar-refractivity contribution in [2.45, 2.75) is 0 Å². The molecule has 3 heteroatoms. The molecule has 1 nitrogen and oxygen atoms in total. The zero-order valence-electron chi connectivity index (χ0n) is 8.40. The Morgan fingerprint density at radius 3 is 2.62 bits per heavy atom. The second kappa shape index (κ2) is 5.21. The van der Waals surface area contributed by atoms with Crippen LogP contribution in [0.1, 0.15) is 5.56 Å². The Bertz CT molecular complexity index is 523. The third-order valence-corrected chi connectivity index (χ3v) is 3.05. The fourth-order valence-corrected chi connectivity index (χ4v) is 1.81. The minimum Gasteiger partial charge on any atom is -0.256 e. The van der Waals surface area contributed by atoms with Crippen LogP contribution in [0.15, 0.2) is 53.5 Å². The van der Waals surface area contributed by atoms with E-state index in [1.54, 1.807) is 18.3 Å². The normalized spacial score (nSPS) is 10.9. The molecule has 0 unspecified atom stereocenters. The van der Waals surface area contributed by atoms with Gasteiger partial charge in [0.2, 0.25) is 0 Å². The molecule has 80 valence electrons. The van der Waals surface area contributed by atoms with Crippen molar-refractivity contribution in [3.05, 3.63) is 63.5 Å². The quantitative estimate of drug-likeness (QED) is 0.580. The molecule has 2 aromatic carbocycles. The van der Waals surface area contributed by atoms with Gasteiger partial charge in [0.25, 0.3) is 0 Å². The van der Waals surface area contributed by atoms with E-state index >= 15 is 0 Å². The van der Waals surface area contributed by atoms with Crippen molar-refractivity contribution >= 4 is 34.5 Å². The number of hydrogen-bond donors (Lipinski definition) is 0. The summed E-state index contributed by atoms with van der Waals surface area (Å²) in [5.41, 5.74) is 1.66. The molecule has 0 aromatic heterocycles. The summed E-state index contributed by atoms with van der Waals surface area (Å²) >= 11 is 2.24. The van der Waals surface area contributed by atoms with Crippen LogP contribution in [0.3, 0.4) is 0 Å². The monoisotopic (exact) mass is 325 g/mol. The largest absolute Gasteiger partial charge is 0.256 e. The molecule has 0 N–H and O–H groups in total. The third-order valence-electron chi connectivity index (χ3n) is 2.07. The van der Waals surface area contributed by atoms with Crippen LogP contribution in [0.4, 0.5) is 10.1 Å². The summed E-state index contributed by atoms with van der Waals surface area (Å²) < 4.78 is 14.0. The molecule has 0 atom stereocenters. The van der Waals surface area contributed by atoms with Gasteiger partial charge in [0.15, 0.2) is 0 Å². The third kappa shape index (κ3) is 2.88. The summed E-state index contributed by atoms with van der Waals surface area (Å²) in [6, 6.07) is 14.2. The second-order valence-electron chi connectivity index (χ2n) is 3.26. The van der Waals surface area contributed by atoms with Gasteiger partial charge < -0.3 is 0 Å². The average Bonchev–Trinajstić information content (AvgIpc) is 2.28. The summed E-state index contributed by atoms with van der Waals surface area (Å²) in [7, 11) is 0. The molecule has 2 aromatic rings. The van der Waals surface area contributed by atoms with E-state index in [1.165, 1.54) is 12.1 Å². The van der Waals surface area contributed by atoms with Gasteiger partial charge in [0.1, 0.15) is 5.82 Å². The molecule has 0 saturated carbocycles. The van der Waals surface area contributed by atoms with Crippen LogP contribution in [0, 0.1) is 9.39 Å². The van der Waals surface area contributed by atoms with Gasteiger partial charge in [-0.15, -0.1) is 0 Å². The van der Waals surface area contributed by atoms with E-state index in [0.29, 0.717) is 5.69 Å². The first-order valence-corrected chi connectivity index (χ1v) is 5.88. The molecular formula is C13H9FIN. The zero-order valence-corrected chi connectivity index (χ0v) is 10.6. The van der Waals surface area contributed by atoms with E-state index in [4.69, 9.17) is 0 Å². The van der Waals surface area contributed by atoms with Crippen molar-refractivity contribution < 1.29 is 4.39 Å². The van der Waals surface area contributed by atoms with E-state index in [1.807, 2.05) is 24.3 Å². The molecule has 0 aliphatic rings. The Kier molecular flexibility index (Phi) is 3.66. The maximum atomic E-state index is 12.9. The van der Waals surface area contributed by atoms with Gasteiger partial charge in [-0.1, -0.05) is 24.3 Å². The lowest BCUT2D eigenvalue weighted by Gasteiger charge is -1.97. The average molecular weight is 325 g/mol. The van der Waals surface area contributed by atoms with E-state index in [0.717, 1.165) is 9.13 Å². The summed E-state index contributed by atoms with van der Waals surface area (Å²) in [4.78, 5) is 4.23. The van der Waals surface area contributed by atoms with Crippen molar-refractivity contribution in [3.8, 4) is 0 Å². The molecular weight excluding hydrogens is 316 g/mol. The number of halogens is 2. The van der Waals surface area contributed by atoms with Gasteiger partial charge in [-0.2, -0.15) is 0 Å². The minimum atomic E-state index is -0.266. The highest BCUT2D eigenvalue weighted by molar-refractivity contribution is 14.1. The van der Waals surface area contributed by atoms with Gasteiger partial charge in [-0.25, -0.2) is 4.39 Å². The number of nitrogens with zero attached hydrogens (tertiary/aromatic N) is 1. The highest BCUT2D eigenvalue weighted by Crippen LogP contribution is 2.14. The minimum absolute atomic E-state index is 0.266. The van der Waals surface area contributed by atoms with Gasteiger partial charge in [-0.3, -0.25) is 4.99 Å². The molecule has 0 amide bonds. The molecule has 0 aliphatic heterocycles. The number of rotatable bonds is 2. The lowest BCUT2D eigenvalue weighted by Crippen LogP contribution is -1.84. The SMILES string of the molecule is Fc1cccc(N=Cc2ccccc2I)c1. The summed E-state index contributed by atoms with van der Waals surface area (Å²) in [6.45, 7) is 0. The molecule has 16 heavy (non-hydrogen) atoms. The number of hydrogen-bond acceptors (Lipinski definition) is 1. The lowest BCUT2D eigenvalue weighted by molar-refractivity contribution is 0.628. The van der Waals surface area contributed by atoms with E-state index in [2.05, 4.69) is 27.6 Å². The van der Waals surface area contributed by atoms with Gasteiger partial charge >= 0.3 is 0 Å². The van der Waals surface area contributed by atoms with Gasteiger partial charge in [0.05, 0.1) is 5.69 Å². The highest BCUT2D eigenvalue weighted by Gasteiger charge is 1.95. The van der Waals surface area contributed by atoms with Crippen molar-refractivity contribution in [1.29, 1.82) is 0 Å². The first-order valence-electron chi connectivity index (χ1n) is 4.80. The topological polar surface area (TPSA) is 12.4 Å². The molecule has 0 spiro atoms. The predicted molar refractivity (Wildman–Crippen MR) is 72.8 cm³/mol. The maximum absolute atomic E-state index is 12.9. The predicted octanol–water partition coefficient (Wildman–Crippen LogP) is 4.18. The fourth-order valence-electron chi connectivity index (χ4n) is 1.28. The molecule has 0 heterocycles. The summed E-state index contributed by atoms with van der Waals surface area (Å²) in [5.74, 6) is -0.266. The lowest BCUT2D eigenvalue weighted by atomic mass is 10.2. The number of benzene rings is 2. The number of aliphatic imine (C=N–C) groups is 1. The smallest absolute Gasteiger partial charge is 0.125 e. The van der Waals surface area contributed by atoms with Crippen molar-refractivity contribution in [2.24, 2.45) is 4.99 Å². The van der Waals surface area contributed by atoms with Crippen LogP contribution >= 0.6 is 22.6 Å². The van der Waals surface area contributed by atoms with Crippen LogP contribution in [-0.4, -0.2) is 6.21 Å². The van der Waals surface area contributed by atoms with Gasteiger partial charge in [-0.05, 0) is 46.9 Å². The van der Waals surface area contributed by atoms with E-state index in [-0.39, 0.29) is 5.82 Å². The van der Waals surface area contributed by atoms with Crippen molar-refractivity contribution in [3.63, 3.8) is 0 Å². The van der Waals surface area contributed by atoms with E-state index in [9.17, 15) is 4.39 Å². The standard InChI is InChI=1S/C13H9FIN/c14-11-5-3-6-12(8-11)16-9-10-4-1-2-7-13(10)15/h1-9H. The first-order chi connectivity index (χ1) is 7.75. The van der Waals surface area contributed by atoms with Crippen LogP contribution in [0.2, 0.25) is 0 Å². The van der Waals surface area contributed by atoms with Crippen LogP contribution in [-0.2, 0) is 0 Å². The van der Waals surface area contributed by atoms with Gasteiger partial charge in [0, 0.05) is 15.3 Å². The van der Waals surface area contributed by atoms with E-state index < -0.39 is 0 Å². The second-order valence-corrected chi connectivity index (χ2v) is 4.42. The molecule has 2 rings (SSSR count). The molecule has 0 bridgehead atoms. The Morgan fingerprint density at radius 2 is 1.88 bits per heavy atom. The maximum Gasteiger partial charge on any atom is 0.125 e. The van der Waals surface area contributed by atoms with Crippen molar-refractivity contribution in [2.75, 3.05) is 0 Å². The molecule has 0 aliphatic carbocycles. The highest BCUT2D eigenvalue weighted by atomic mass is 127. The molecule has 0 saturated heterocycles. The Hall–Kier alpha value is -1.23.